The molecule has 118 valence electrons. The van der Waals surface area contributed by atoms with Crippen molar-refractivity contribution in [3.05, 3.63) is 57.5 Å². The molecule has 22 heavy (non-hydrogen) atoms. The molecule has 1 atom stereocenters. The normalized spacial score (nSPS) is 13.0. The van der Waals surface area contributed by atoms with Gasteiger partial charge in [-0.15, -0.1) is 0 Å². The highest BCUT2D eigenvalue weighted by atomic mass is 32.2. The SMILES string of the molecule is Cc1ccc(C(C)NS(=O)(=O)c2ccc(C)c([N+](=O)[O-])c2)o1. The van der Waals surface area contributed by atoms with E-state index in [1.54, 1.807) is 32.9 Å². The van der Waals surface area contributed by atoms with E-state index in [1.807, 2.05) is 0 Å². The van der Waals surface area contributed by atoms with E-state index < -0.39 is 21.0 Å². The van der Waals surface area contributed by atoms with Crippen LogP contribution in [-0.2, 0) is 10.0 Å². The third kappa shape index (κ3) is 3.34. The Hall–Kier alpha value is -2.19. The minimum Gasteiger partial charge on any atom is -0.465 e. The molecule has 0 saturated carbocycles. The molecule has 0 aliphatic heterocycles. The van der Waals surface area contributed by atoms with Gasteiger partial charge in [-0.25, -0.2) is 13.1 Å². The van der Waals surface area contributed by atoms with Crippen LogP contribution in [0.4, 0.5) is 5.69 Å². The highest BCUT2D eigenvalue weighted by molar-refractivity contribution is 7.89. The van der Waals surface area contributed by atoms with Crippen LogP contribution in [0.5, 0.6) is 0 Å². The fraction of sp³-hybridized carbons (Fsp3) is 0.286. The first-order chi connectivity index (χ1) is 10.2. The number of hydrogen-bond donors (Lipinski definition) is 1. The first kappa shape index (κ1) is 16.2. The van der Waals surface area contributed by atoms with Crippen molar-refractivity contribution in [2.75, 3.05) is 0 Å². The van der Waals surface area contributed by atoms with Gasteiger partial charge in [0.15, 0.2) is 0 Å². The van der Waals surface area contributed by atoms with E-state index >= 15 is 0 Å². The smallest absolute Gasteiger partial charge is 0.273 e. The quantitative estimate of drug-likeness (QED) is 0.673. The number of furan rings is 1. The molecule has 0 saturated heterocycles. The largest absolute Gasteiger partial charge is 0.465 e. The third-order valence-electron chi connectivity index (χ3n) is 3.21. The average Bonchev–Trinajstić information content (AvgIpc) is 2.85. The number of nitrogens with zero attached hydrogens (tertiary/aromatic N) is 1. The number of rotatable bonds is 5. The Labute approximate surface area is 128 Å². The second-order valence-corrected chi connectivity index (χ2v) is 6.71. The first-order valence-corrected chi connectivity index (χ1v) is 8.03. The molecule has 1 heterocycles. The molecule has 0 bridgehead atoms. The minimum absolute atomic E-state index is 0.153. The highest BCUT2D eigenvalue weighted by Crippen LogP contribution is 2.24. The Kier molecular flexibility index (Phi) is 4.34. The monoisotopic (exact) mass is 324 g/mol. The van der Waals surface area contributed by atoms with E-state index in [-0.39, 0.29) is 10.6 Å². The van der Waals surface area contributed by atoms with Gasteiger partial charge in [0.1, 0.15) is 11.5 Å². The molecule has 1 N–H and O–H groups in total. The summed E-state index contributed by atoms with van der Waals surface area (Å²) in [5.41, 5.74) is 0.169. The second kappa shape index (κ2) is 5.90. The molecule has 0 fully saturated rings. The maximum Gasteiger partial charge on any atom is 0.273 e. The Morgan fingerprint density at radius 3 is 2.45 bits per heavy atom. The summed E-state index contributed by atoms with van der Waals surface area (Å²) in [6.07, 6.45) is 0. The van der Waals surface area contributed by atoms with E-state index in [2.05, 4.69) is 4.72 Å². The van der Waals surface area contributed by atoms with E-state index in [4.69, 9.17) is 4.42 Å². The molecule has 0 radical (unpaired) electrons. The summed E-state index contributed by atoms with van der Waals surface area (Å²) in [5, 5.41) is 10.9. The molecular formula is C14H16N2O5S. The lowest BCUT2D eigenvalue weighted by atomic mass is 10.2. The van der Waals surface area contributed by atoms with Gasteiger partial charge < -0.3 is 4.42 Å². The summed E-state index contributed by atoms with van der Waals surface area (Å²) < 4.78 is 32.5. The summed E-state index contributed by atoms with van der Waals surface area (Å²) in [7, 11) is -3.89. The predicted octanol–water partition coefficient (Wildman–Crippen LogP) is 2.84. The minimum atomic E-state index is -3.89. The van der Waals surface area contributed by atoms with Crippen LogP contribution >= 0.6 is 0 Å². The van der Waals surface area contributed by atoms with Crippen molar-refractivity contribution in [1.82, 2.24) is 4.72 Å². The Balaban J connectivity index is 2.31. The van der Waals surface area contributed by atoms with Crippen molar-refractivity contribution in [2.24, 2.45) is 0 Å². The number of sulfonamides is 1. The second-order valence-electron chi connectivity index (χ2n) is 5.00. The number of hydrogen-bond acceptors (Lipinski definition) is 5. The summed E-state index contributed by atoms with van der Waals surface area (Å²) >= 11 is 0. The maximum absolute atomic E-state index is 12.3. The molecule has 0 aliphatic rings. The van der Waals surface area contributed by atoms with Gasteiger partial charge in [-0.2, -0.15) is 0 Å². The number of nitro benzene ring substituents is 1. The molecule has 8 heteroatoms. The fourth-order valence-corrected chi connectivity index (χ4v) is 3.23. The molecule has 2 aromatic rings. The number of aryl methyl sites for hydroxylation is 2. The van der Waals surface area contributed by atoms with Gasteiger partial charge in [0.2, 0.25) is 10.0 Å². The molecule has 2 rings (SSSR count). The standard InChI is InChI=1S/C14H16N2O5S/c1-9-4-6-12(8-13(9)16(17)18)22(19,20)15-11(3)14-7-5-10(2)21-14/h4-8,11,15H,1-3H3. The van der Waals surface area contributed by atoms with Crippen molar-refractivity contribution >= 4 is 15.7 Å². The van der Waals surface area contributed by atoms with Gasteiger partial charge in [0.25, 0.3) is 5.69 Å². The van der Waals surface area contributed by atoms with Gasteiger partial charge in [-0.05, 0) is 39.0 Å². The Bertz CT molecular complexity index is 810. The Morgan fingerprint density at radius 2 is 1.91 bits per heavy atom. The van der Waals surface area contributed by atoms with Crippen LogP contribution in [0.15, 0.2) is 39.6 Å². The van der Waals surface area contributed by atoms with Crippen molar-refractivity contribution < 1.29 is 17.8 Å². The summed E-state index contributed by atoms with van der Waals surface area (Å²) in [5.74, 6) is 1.15. The number of nitro groups is 1. The first-order valence-electron chi connectivity index (χ1n) is 6.54. The van der Waals surface area contributed by atoms with E-state index in [1.165, 1.54) is 12.1 Å². The maximum atomic E-state index is 12.3. The van der Waals surface area contributed by atoms with Crippen LogP contribution in [0.2, 0.25) is 0 Å². The lowest BCUT2D eigenvalue weighted by molar-refractivity contribution is -0.385. The van der Waals surface area contributed by atoms with Crippen LogP contribution < -0.4 is 4.72 Å². The predicted molar refractivity (Wildman–Crippen MR) is 80.0 cm³/mol. The van der Waals surface area contributed by atoms with Crippen molar-refractivity contribution in [3.8, 4) is 0 Å². The highest BCUT2D eigenvalue weighted by Gasteiger charge is 2.23. The van der Waals surface area contributed by atoms with E-state index in [0.717, 1.165) is 6.07 Å². The molecule has 0 aliphatic carbocycles. The zero-order valence-electron chi connectivity index (χ0n) is 12.4. The van der Waals surface area contributed by atoms with E-state index in [0.29, 0.717) is 17.1 Å². The third-order valence-corrected chi connectivity index (χ3v) is 4.75. The zero-order chi connectivity index (χ0) is 16.5. The average molecular weight is 324 g/mol. The fourth-order valence-electron chi connectivity index (χ4n) is 2.00. The van der Waals surface area contributed by atoms with Crippen LogP contribution in [0.1, 0.15) is 30.0 Å². The summed E-state index contributed by atoms with van der Waals surface area (Å²) in [6.45, 7) is 4.95. The molecule has 0 spiro atoms. The summed E-state index contributed by atoms with van der Waals surface area (Å²) in [4.78, 5) is 10.2. The van der Waals surface area contributed by atoms with Crippen LogP contribution in [0.3, 0.4) is 0 Å². The van der Waals surface area contributed by atoms with Crippen LogP contribution in [0.25, 0.3) is 0 Å². The number of benzene rings is 1. The van der Waals surface area contributed by atoms with Gasteiger partial charge >= 0.3 is 0 Å². The van der Waals surface area contributed by atoms with Gasteiger partial charge in [-0.3, -0.25) is 10.1 Å². The van der Waals surface area contributed by atoms with Crippen LogP contribution in [-0.4, -0.2) is 13.3 Å². The van der Waals surface area contributed by atoms with Gasteiger partial charge in [0, 0.05) is 11.6 Å². The number of nitrogens with one attached hydrogen (secondary N) is 1. The molecule has 1 aromatic carbocycles. The molecule has 1 aromatic heterocycles. The lowest BCUT2D eigenvalue weighted by Crippen LogP contribution is -2.26. The van der Waals surface area contributed by atoms with Crippen molar-refractivity contribution in [2.45, 2.75) is 31.7 Å². The molecule has 0 amide bonds. The molecule has 7 nitrogen and oxygen atoms in total. The van der Waals surface area contributed by atoms with E-state index in [9.17, 15) is 18.5 Å². The molecular weight excluding hydrogens is 308 g/mol. The van der Waals surface area contributed by atoms with Crippen molar-refractivity contribution in [3.63, 3.8) is 0 Å². The lowest BCUT2D eigenvalue weighted by Gasteiger charge is -2.12. The van der Waals surface area contributed by atoms with Crippen molar-refractivity contribution in [1.29, 1.82) is 0 Å². The van der Waals surface area contributed by atoms with Gasteiger partial charge in [0.05, 0.1) is 15.9 Å². The topological polar surface area (TPSA) is 102 Å². The Morgan fingerprint density at radius 1 is 1.23 bits per heavy atom. The van der Waals surface area contributed by atoms with Crippen LogP contribution in [0, 0.1) is 24.0 Å². The summed E-state index contributed by atoms with van der Waals surface area (Å²) in [6, 6.07) is 6.63. The molecule has 1 unspecified atom stereocenters. The zero-order valence-corrected chi connectivity index (χ0v) is 13.2. The van der Waals surface area contributed by atoms with Gasteiger partial charge in [-0.1, -0.05) is 6.07 Å².